The first-order chi connectivity index (χ1) is 12.5. The maximum atomic E-state index is 9.16. The van der Waals surface area contributed by atoms with Crippen molar-refractivity contribution in [2.45, 2.75) is 19.7 Å². The first-order valence-corrected chi connectivity index (χ1v) is 8.20. The molecule has 0 aromatic heterocycles. The van der Waals surface area contributed by atoms with E-state index in [1.54, 1.807) is 38.5 Å². The second-order valence-corrected chi connectivity index (χ2v) is 5.91. The quantitative estimate of drug-likeness (QED) is 0.696. The molecule has 136 valence electrons. The van der Waals surface area contributed by atoms with Crippen molar-refractivity contribution in [2.24, 2.45) is 4.99 Å². The van der Waals surface area contributed by atoms with Crippen molar-refractivity contribution in [1.29, 1.82) is 0 Å². The summed E-state index contributed by atoms with van der Waals surface area (Å²) in [6.07, 6.45) is -0.137. The first-order valence-electron chi connectivity index (χ1n) is 8.20. The van der Waals surface area contributed by atoms with Crippen molar-refractivity contribution < 1.29 is 24.3 Å². The van der Waals surface area contributed by atoms with Gasteiger partial charge in [0, 0.05) is 6.07 Å². The number of hydrogen-bond donors (Lipinski definition) is 3. The van der Waals surface area contributed by atoms with Gasteiger partial charge in [0.15, 0.2) is 11.5 Å². The molecule has 1 aliphatic rings. The Morgan fingerprint density at radius 3 is 2.35 bits per heavy atom. The van der Waals surface area contributed by atoms with Gasteiger partial charge in [-0.05, 0) is 24.0 Å². The van der Waals surface area contributed by atoms with Crippen molar-refractivity contribution in [3.8, 4) is 11.5 Å². The summed E-state index contributed by atoms with van der Waals surface area (Å²) < 4.78 is 16.6. The van der Waals surface area contributed by atoms with Crippen molar-refractivity contribution >= 4 is 24.2 Å². The summed E-state index contributed by atoms with van der Waals surface area (Å²) >= 11 is 0. The van der Waals surface area contributed by atoms with E-state index in [1.807, 2.05) is 19.1 Å². The number of benzene rings is 2. The number of nitrogens with one attached hydrogen (secondary N) is 1. The summed E-state index contributed by atoms with van der Waals surface area (Å²) in [5, 5.41) is 21.6. The zero-order valence-corrected chi connectivity index (χ0v) is 14.9. The van der Waals surface area contributed by atoms with Crippen molar-refractivity contribution in [3.63, 3.8) is 0 Å². The Morgan fingerprint density at radius 1 is 1.08 bits per heavy atom. The van der Waals surface area contributed by atoms with Crippen LogP contribution in [0.5, 0.6) is 11.5 Å². The number of ether oxygens (including phenoxy) is 3. The molecule has 0 saturated carbocycles. The van der Waals surface area contributed by atoms with E-state index < -0.39 is 7.12 Å². The fourth-order valence-electron chi connectivity index (χ4n) is 2.73. The Labute approximate surface area is 152 Å². The lowest BCUT2D eigenvalue weighted by Crippen LogP contribution is -2.29. The highest BCUT2D eigenvalue weighted by atomic mass is 16.5. The molecular formula is C18H21BN2O5. The Bertz CT molecular complexity index is 808. The summed E-state index contributed by atoms with van der Waals surface area (Å²) in [4.78, 5) is 4.52. The molecule has 26 heavy (non-hydrogen) atoms. The normalized spacial score (nSPS) is 15.4. The molecule has 2 aromatic carbocycles. The molecule has 1 unspecified atom stereocenters. The van der Waals surface area contributed by atoms with Gasteiger partial charge in [-0.3, -0.25) is 0 Å². The monoisotopic (exact) mass is 356 g/mol. The molecule has 7 nitrogen and oxygen atoms in total. The third-order valence-corrected chi connectivity index (χ3v) is 4.08. The first kappa shape index (κ1) is 18.1. The molecule has 8 heteroatoms. The average Bonchev–Trinajstić information content (AvgIpc) is 2.65. The topological polar surface area (TPSA) is 92.5 Å². The van der Waals surface area contributed by atoms with E-state index in [9.17, 15) is 0 Å². The summed E-state index contributed by atoms with van der Waals surface area (Å²) in [6.45, 7) is 2.24. The summed E-state index contributed by atoms with van der Waals surface area (Å²) in [5.74, 6) is 1.74. The van der Waals surface area contributed by atoms with E-state index in [0.29, 0.717) is 29.5 Å². The SMILES string of the molecule is COc1cc2c(cc1OC)C(OCc1ccc(B(O)O)cc1)=NC(C)N2. The van der Waals surface area contributed by atoms with Gasteiger partial charge in [0.1, 0.15) is 12.8 Å². The highest BCUT2D eigenvalue weighted by molar-refractivity contribution is 6.58. The van der Waals surface area contributed by atoms with E-state index in [2.05, 4.69) is 10.3 Å². The van der Waals surface area contributed by atoms with Crippen LogP contribution in [0.25, 0.3) is 0 Å². The van der Waals surface area contributed by atoms with Gasteiger partial charge in [-0.2, -0.15) is 0 Å². The van der Waals surface area contributed by atoms with Crippen LogP contribution in [0.2, 0.25) is 0 Å². The van der Waals surface area contributed by atoms with E-state index in [0.717, 1.165) is 16.8 Å². The van der Waals surface area contributed by atoms with Crippen LogP contribution in [0.3, 0.4) is 0 Å². The van der Waals surface area contributed by atoms with Gasteiger partial charge in [0.25, 0.3) is 0 Å². The molecule has 0 saturated heterocycles. The number of rotatable bonds is 5. The summed E-state index contributed by atoms with van der Waals surface area (Å²) in [7, 11) is 1.70. The molecule has 1 atom stereocenters. The van der Waals surface area contributed by atoms with Crippen molar-refractivity contribution in [1.82, 2.24) is 0 Å². The third kappa shape index (κ3) is 3.76. The number of anilines is 1. The molecular weight excluding hydrogens is 335 g/mol. The van der Waals surface area contributed by atoms with Crippen LogP contribution in [-0.2, 0) is 11.3 Å². The van der Waals surface area contributed by atoms with Crippen LogP contribution in [0.15, 0.2) is 41.4 Å². The predicted molar refractivity (Wildman–Crippen MR) is 100 cm³/mol. The molecule has 0 fully saturated rings. The van der Waals surface area contributed by atoms with Crippen LogP contribution in [0.4, 0.5) is 5.69 Å². The number of fused-ring (bicyclic) bond motifs is 1. The largest absolute Gasteiger partial charge is 0.493 e. The molecule has 1 aliphatic heterocycles. The van der Waals surface area contributed by atoms with Crippen LogP contribution in [-0.4, -0.2) is 43.4 Å². The molecule has 0 spiro atoms. The lowest BCUT2D eigenvalue weighted by molar-refractivity contribution is 0.290. The average molecular weight is 356 g/mol. The Hall–Kier alpha value is -2.71. The molecule has 2 aromatic rings. The number of hydrogen-bond acceptors (Lipinski definition) is 7. The molecule has 0 amide bonds. The number of aliphatic imine (C=N–C) groups is 1. The van der Waals surface area contributed by atoms with E-state index in [4.69, 9.17) is 24.3 Å². The van der Waals surface area contributed by atoms with Gasteiger partial charge in [0.2, 0.25) is 5.90 Å². The zero-order chi connectivity index (χ0) is 18.7. The minimum atomic E-state index is -1.48. The van der Waals surface area contributed by atoms with Crippen molar-refractivity contribution in [3.05, 3.63) is 47.5 Å². The van der Waals surface area contributed by atoms with Gasteiger partial charge < -0.3 is 29.6 Å². The van der Waals surface area contributed by atoms with E-state index in [-0.39, 0.29) is 6.17 Å². The molecule has 0 aliphatic carbocycles. The molecule has 0 bridgehead atoms. The molecule has 3 N–H and O–H groups in total. The zero-order valence-electron chi connectivity index (χ0n) is 14.9. The van der Waals surface area contributed by atoms with Crippen LogP contribution < -0.4 is 20.3 Å². The minimum Gasteiger partial charge on any atom is -0.493 e. The highest BCUT2D eigenvalue weighted by Crippen LogP contribution is 2.36. The van der Waals surface area contributed by atoms with Crippen LogP contribution in [0.1, 0.15) is 18.1 Å². The minimum absolute atomic E-state index is 0.137. The lowest BCUT2D eigenvalue weighted by atomic mass is 9.80. The fourth-order valence-corrected chi connectivity index (χ4v) is 2.73. The van der Waals surface area contributed by atoms with Gasteiger partial charge in [0.05, 0.1) is 25.5 Å². The van der Waals surface area contributed by atoms with Gasteiger partial charge in [-0.15, -0.1) is 0 Å². The fraction of sp³-hybridized carbons (Fsp3) is 0.278. The molecule has 3 rings (SSSR count). The summed E-state index contributed by atoms with van der Waals surface area (Å²) in [5.41, 5.74) is 2.98. The lowest BCUT2D eigenvalue weighted by Gasteiger charge is -2.24. The molecule has 1 heterocycles. The van der Waals surface area contributed by atoms with Gasteiger partial charge in [-0.25, -0.2) is 4.99 Å². The highest BCUT2D eigenvalue weighted by Gasteiger charge is 2.22. The van der Waals surface area contributed by atoms with Gasteiger partial charge in [-0.1, -0.05) is 24.3 Å². The standard InChI is InChI=1S/C18H21BN2O5/c1-11-20-15-9-17(25-3)16(24-2)8-14(15)18(21-11)26-10-12-4-6-13(7-5-12)19(22)23/h4-9,11,20,22-23H,10H2,1-3H3. The number of nitrogens with zero attached hydrogens (tertiary/aromatic N) is 1. The Kier molecular flexibility index (Phi) is 5.34. The smallest absolute Gasteiger partial charge is 0.488 e. The maximum absolute atomic E-state index is 9.16. The van der Waals surface area contributed by atoms with Crippen molar-refractivity contribution in [2.75, 3.05) is 19.5 Å². The predicted octanol–water partition coefficient (Wildman–Crippen LogP) is 1.12. The maximum Gasteiger partial charge on any atom is 0.488 e. The summed E-state index contributed by atoms with van der Waals surface area (Å²) in [6, 6.07) is 10.6. The second kappa shape index (κ2) is 7.67. The van der Waals surface area contributed by atoms with E-state index in [1.165, 1.54) is 0 Å². The second-order valence-electron chi connectivity index (χ2n) is 5.91. The number of methoxy groups -OCH3 is 2. The van der Waals surface area contributed by atoms with Crippen LogP contribution in [0, 0.1) is 0 Å². The van der Waals surface area contributed by atoms with Crippen LogP contribution >= 0.6 is 0 Å². The molecule has 0 radical (unpaired) electrons. The van der Waals surface area contributed by atoms with Gasteiger partial charge >= 0.3 is 7.12 Å². The Balaban J connectivity index is 1.82. The van der Waals surface area contributed by atoms with E-state index >= 15 is 0 Å². The Morgan fingerprint density at radius 2 is 1.73 bits per heavy atom. The third-order valence-electron chi connectivity index (χ3n) is 4.08.